The van der Waals surface area contributed by atoms with Crippen molar-refractivity contribution in [1.82, 2.24) is 10.6 Å². The maximum Gasteiger partial charge on any atom is 0.322 e. The summed E-state index contributed by atoms with van der Waals surface area (Å²) in [4.78, 5) is 23.7. The molecule has 0 aliphatic carbocycles. The van der Waals surface area contributed by atoms with Gasteiger partial charge in [0.15, 0.2) is 0 Å². The van der Waals surface area contributed by atoms with Gasteiger partial charge in [0.25, 0.3) is 0 Å². The number of rotatable bonds is 9. The quantitative estimate of drug-likeness (QED) is 0.317. The third-order valence-corrected chi connectivity index (χ3v) is 5.29. The Morgan fingerprint density at radius 1 is 0.800 bits per heavy atom. The van der Waals surface area contributed by atoms with Crippen molar-refractivity contribution in [3.05, 3.63) is 108 Å². The van der Waals surface area contributed by atoms with E-state index in [0.29, 0.717) is 0 Å². The molecule has 3 rings (SSSR count). The van der Waals surface area contributed by atoms with E-state index in [1.807, 2.05) is 91.0 Å². The standard InChI is InChI=1S/C24H24N2O3S/c27-22(28)16-25-23(29)21(17-30)26-24(18-10-4-1-5-11-18,19-12-6-2-7-13-19)20-14-8-3-9-15-20/h1-15,21,26,30H,16-17H2,(H,25,29)(H,27,28)/t21-/m0/s1. The lowest BCUT2D eigenvalue weighted by Crippen LogP contribution is -2.56. The maximum atomic E-state index is 12.8. The van der Waals surface area contributed by atoms with Crippen molar-refractivity contribution in [3.8, 4) is 0 Å². The molecular weight excluding hydrogens is 396 g/mol. The van der Waals surface area contributed by atoms with Crippen LogP contribution in [0.15, 0.2) is 91.0 Å². The lowest BCUT2D eigenvalue weighted by molar-refractivity contribution is -0.138. The zero-order valence-electron chi connectivity index (χ0n) is 16.4. The van der Waals surface area contributed by atoms with E-state index in [2.05, 4.69) is 23.3 Å². The minimum Gasteiger partial charge on any atom is -0.480 e. The van der Waals surface area contributed by atoms with Gasteiger partial charge in [-0.3, -0.25) is 14.9 Å². The average Bonchev–Trinajstić information content (AvgIpc) is 2.80. The van der Waals surface area contributed by atoms with Gasteiger partial charge in [0, 0.05) is 5.75 Å². The van der Waals surface area contributed by atoms with Crippen LogP contribution in [0.3, 0.4) is 0 Å². The lowest BCUT2D eigenvalue weighted by atomic mass is 9.76. The fourth-order valence-electron chi connectivity index (χ4n) is 3.56. The normalized spacial score (nSPS) is 12.2. The van der Waals surface area contributed by atoms with Crippen LogP contribution in [0, 0.1) is 0 Å². The van der Waals surface area contributed by atoms with Crippen molar-refractivity contribution in [1.29, 1.82) is 0 Å². The van der Waals surface area contributed by atoms with Crippen LogP contribution in [-0.4, -0.2) is 35.3 Å². The van der Waals surface area contributed by atoms with E-state index >= 15 is 0 Å². The topological polar surface area (TPSA) is 78.4 Å². The highest BCUT2D eigenvalue weighted by atomic mass is 32.1. The van der Waals surface area contributed by atoms with Crippen LogP contribution in [0.2, 0.25) is 0 Å². The molecular formula is C24H24N2O3S. The summed E-state index contributed by atoms with van der Waals surface area (Å²) in [5.74, 6) is -1.32. The molecule has 0 saturated heterocycles. The molecule has 0 fully saturated rings. The molecule has 3 N–H and O–H groups in total. The molecule has 0 saturated carbocycles. The summed E-state index contributed by atoms with van der Waals surface area (Å²) in [6, 6.07) is 28.9. The van der Waals surface area contributed by atoms with Crippen LogP contribution in [0.5, 0.6) is 0 Å². The van der Waals surface area contributed by atoms with Crippen molar-refractivity contribution in [2.24, 2.45) is 0 Å². The Bertz CT molecular complexity index is 869. The number of carboxylic acid groups (broad SMARTS) is 1. The first-order valence-electron chi connectivity index (χ1n) is 9.62. The second kappa shape index (κ2) is 10.1. The van der Waals surface area contributed by atoms with Gasteiger partial charge < -0.3 is 10.4 Å². The summed E-state index contributed by atoms with van der Waals surface area (Å²) in [7, 11) is 0. The zero-order chi connectivity index (χ0) is 21.4. The van der Waals surface area contributed by atoms with Crippen LogP contribution >= 0.6 is 12.6 Å². The lowest BCUT2D eigenvalue weighted by Gasteiger charge is -2.39. The smallest absolute Gasteiger partial charge is 0.322 e. The monoisotopic (exact) mass is 420 g/mol. The minimum atomic E-state index is -1.10. The molecule has 0 unspecified atom stereocenters. The highest BCUT2D eigenvalue weighted by molar-refractivity contribution is 7.80. The number of amides is 1. The minimum absolute atomic E-state index is 0.194. The maximum absolute atomic E-state index is 12.8. The highest BCUT2D eigenvalue weighted by Gasteiger charge is 2.39. The van der Waals surface area contributed by atoms with Crippen molar-refractivity contribution in [3.63, 3.8) is 0 Å². The molecule has 0 aromatic heterocycles. The Morgan fingerprint density at radius 3 is 1.53 bits per heavy atom. The van der Waals surface area contributed by atoms with E-state index in [0.717, 1.165) is 16.7 Å². The van der Waals surface area contributed by atoms with Crippen molar-refractivity contribution in [2.45, 2.75) is 11.6 Å². The van der Waals surface area contributed by atoms with E-state index < -0.39 is 30.0 Å². The molecule has 3 aromatic rings. The molecule has 6 heteroatoms. The number of hydrogen-bond donors (Lipinski definition) is 4. The number of thiol groups is 1. The van der Waals surface area contributed by atoms with Gasteiger partial charge in [-0.25, -0.2) is 0 Å². The number of carbonyl (C=O) groups is 2. The number of carbonyl (C=O) groups excluding carboxylic acids is 1. The third kappa shape index (κ3) is 4.72. The third-order valence-electron chi connectivity index (χ3n) is 4.92. The summed E-state index contributed by atoms with van der Waals surface area (Å²) < 4.78 is 0. The van der Waals surface area contributed by atoms with Crippen LogP contribution in [0.1, 0.15) is 16.7 Å². The molecule has 30 heavy (non-hydrogen) atoms. The molecule has 154 valence electrons. The zero-order valence-corrected chi connectivity index (χ0v) is 17.3. The van der Waals surface area contributed by atoms with Gasteiger partial charge in [-0.05, 0) is 16.7 Å². The Morgan fingerprint density at radius 2 is 1.20 bits per heavy atom. The summed E-state index contributed by atoms with van der Waals surface area (Å²) in [5.41, 5.74) is 2.04. The van der Waals surface area contributed by atoms with E-state index in [-0.39, 0.29) is 5.75 Å². The van der Waals surface area contributed by atoms with Crippen molar-refractivity contribution in [2.75, 3.05) is 12.3 Å². The fraction of sp³-hybridized carbons (Fsp3) is 0.167. The molecule has 0 aliphatic heterocycles. The van der Waals surface area contributed by atoms with E-state index in [4.69, 9.17) is 5.11 Å². The van der Waals surface area contributed by atoms with E-state index in [1.165, 1.54) is 0 Å². The summed E-state index contributed by atoms with van der Waals surface area (Å²) in [5, 5.41) is 14.9. The van der Waals surface area contributed by atoms with Crippen molar-refractivity contribution < 1.29 is 14.7 Å². The molecule has 1 amide bonds. The van der Waals surface area contributed by atoms with Crippen LogP contribution < -0.4 is 10.6 Å². The number of hydrogen-bond acceptors (Lipinski definition) is 4. The first-order chi connectivity index (χ1) is 14.6. The van der Waals surface area contributed by atoms with Gasteiger partial charge in [-0.15, -0.1) is 0 Å². The number of benzene rings is 3. The highest BCUT2D eigenvalue weighted by Crippen LogP contribution is 2.37. The number of nitrogens with one attached hydrogen (secondary N) is 2. The van der Waals surface area contributed by atoms with Gasteiger partial charge in [0.2, 0.25) is 5.91 Å². The second-order valence-corrected chi connectivity index (χ2v) is 7.20. The van der Waals surface area contributed by atoms with Gasteiger partial charge in [-0.1, -0.05) is 91.0 Å². The Hall–Kier alpha value is -3.09. The second-order valence-electron chi connectivity index (χ2n) is 6.84. The average molecular weight is 421 g/mol. The molecule has 5 nitrogen and oxygen atoms in total. The molecule has 0 radical (unpaired) electrons. The summed E-state index contributed by atoms with van der Waals surface area (Å²) in [6.07, 6.45) is 0. The van der Waals surface area contributed by atoms with Gasteiger partial charge in [0.05, 0.1) is 11.6 Å². The van der Waals surface area contributed by atoms with Crippen LogP contribution in [0.4, 0.5) is 0 Å². The molecule has 0 bridgehead atoms. The molecule has 0 aliphatic rings. The fourth-order valence-corrected chi connectivity index (χ4v) is 3.81. The van der Waals surface area contributed by atoms with Crippen molar-refractivity contribution >= 4 is 24.5 Å². The number of aliphatic carboxylic acids is 1. The van der Waals surface area contributed by atoms with Gasteiger partial charge >= 0.3 is 5.97 Å². The van der Waals surface area contributed by atoms with E-state index in [1.54, 1.807) is 0 Å². The largest absolute Gasteiger partial charge is 0.480 e. The van der Waals surface area contributed by atoms with Gasteiger partial charge in [-0.2, -0.15) is 12.6 Å². The Balaban J connectivity index is 2.16. The Labute approximate surface area is 181 Å². The van der Waals surface area contributed by atoms with Crippen LogP contribution in [-0.2, 0) is 15.1 Å². The molecule has 1 atom stereocenters. The van der Waals surface area contributed by atoms with Gasteiger partial charge in [0.1, 0.15) is 6.54 Å². The summed E-state index contributed by atoms with van der Waals surface area (Å²) in [6.45, 7) is -0.445. The van der Waals surface area contributed by atoms with E-state index in [9.17, 15) is 9.59 Å². The predicted octanol–water partition coefficient (Wildman–Crippen LogP) is 3.07. The SMILES string of the molecule is O=C(O)CNC(=O)[C@H](CS)NC(c1ccccc1)(c1ccccc1)c1ccccc1. The molecule has 0 spiro atoms. The first-order valence-corrected chi connectivity index (χ1v) is 10.3. The molecule has 3 aromatic carbocycles. The predicted molar refractivity (Wildman–Crippen MR) is 121 cm³/mol. The molecule has 0 heterocycles. The first kappa shape index (κ1) is 21.6. The number of carboxylic acids is 1. The van der Waals surface area contributed by atoms with Crippen LogP contribution in [0.25, 0.3) is 0 Å². The summed E-state index contributed by atoms with van der Waals surface area (Å²) >= 11 is 4.38. The Kier molecular flexibility index (Phi) is 7.27.